The molecule has 0 fully saturated rings. The molecular weight excluding hydrogens is 270 g/mol. The summed E-state index contributed by atoms with van der Waals surface area (Å²) in [5.41, 5.74) is 2.76. The second-order valence-electron chi connectivity index (χ2n) is 6.80. The van der Waals surface area contributed by atoms with E-state index in [1.807, 2.05) is 0 Å². The minimum atomic E-state index is 0.329. The van der Waals surface area contributed by atoms with Crippen molar-refractivity contribution < 1.29 is 5.11 Å². The van der Waals surface area contributed by atoms with Crippen molar-refractivity contribution >= 4 is 0 Å². The molecule has 2 atom stereocenters. The van der Waals surface area contributed by atoms with Gasteiger partial charge in [-0.1, -0.05) is 37.1 Å². The van der Waals surface area contributed by atoms with Crippen molar-refractivity contribution in [2.75, 3.05) is 6.61 Å². The molecule has 0 amide bonds. The maximum Gasteiger partial charge on any atom is 0.0624 e. The number of allylic oxidation sites excluding steroid dienone is 4. The summed E-state index contributed by atoms with van der Waals surface area (Å²) in [4.78, 5) is 0. The average Bonchev–Trinajstić information content (AvgIpc) is 2.39. The Morgan fingerprint density at radius 2 is 1.36 bits per heavy atom. The summed E-state index contributed by atoms with van der Waals surface area (Å²) in [6.07, 6.45) is 10.7. The highest BCUT2D eigenvalue weighted by atomic mass is 16.3. The first-order chi connectivity index (χ1) is 10.3. The molecular formula is C20H37NO. The van der Waals surface area contributed by atoms with Crippen molar-refractivity contribution in [3.63, 3.8) is 0 Å². The summed E-state index contributed by atoms with van der Waals surface area (Å²) in [5, 5.41) is 17.0. The Morgan fingerprint density at radius 1 is 0.909 bits per heavy atom. The molecule has 0 heterocycles. The normalized spacial score (nSPS) is 12.3. The van der Waals surface area contributed by atoms with Crippen LogP contribution in [0, 0.1) is 23.2 Å². The number of nitriles is 1. The van der Waals surface area contributed by atoms with Gasteiger partial charge in [0.15, 0.2) is 0 Å². The maximum atomic E-state index is 8.63. The van der Waals surface area contributed by atoms with Crippen LogP contribution in [0.15, 0.2) is 23.3 Å². The summed E-state index contributed by atoms with van der Waals surface area (Å²) >= 11 is 0. The molecule has 0 bridgehead atoms. The third kappa shape index (κ3) is 21.2. The first-order valence-electron chi connectivity index (χ1n) is 8.57. The Bertz CT molecular complexity index is 341. The fraction of sp³-hybridized carbons (Fsp3) is 0.750. The van der Waals surface area contributed by atoms with E-state index < -0.39 is 0 Å². The van der Waals surface area contributed by atoms with Crippen molar-refractivity contribution in [1.29, 1.82) is 5.26 Å². The van der Waals surface area contributed by atoms with E-state index in [1.54, 1.807) is 0 Å². The van der Waals surface area contributed by atoms with Gasteiger partial charge < -0.3 is 5.11 Å². The lowest BCUT2D eigenvalue weighted by Crippen LogP contribution is -1.96. The monoisotopic (exact) mass is 307 g/mol. The van der Waals surface area contributed by atoms with E-state index in [0.29, 0.717) is 24.9 Å². The van der Waals surface area contributed by atoms with Gasteiger partial charge >= 0.3 is 0 Å². The molecule has 2 heteroatoms. The van der Waals surface area contributed by atoms with E-state index in [9.17, 15) is 0 Å². The second-order valence-corrected chi connectivity index (χ2v) is 6.80. The van der Waals surface area contributed by atoms with Crippen molar-refractivity contribution in [1.82, 2.24) is 0 Å². The van der Waals surface area contributed by atoms with E-state index in [-0.39, 0.29) is 0 Å². The van der Waals surface area contributed by atoms with E-state index in [0.717, 1.165) is 25.7 Å². The van der Waals surface area contributed by atoms with Crippen LogP contribution < -0.4 is 0 Å². The molecule has 2 nitrogen and oxygen atoms in total. The van der Waals surface area contributed by atoms with Crippen LogP contribution >= 0.6 is 0 Å². The molecule has 0 aliphatic carbocycles. The molecule has 22 heavy (non-hydrogen) atoms. The van der Waals surface area contributed by atoms with Crippen molar-refractivity contribution in [3.05, 3.63) is 23.3 Å². The Labute approximate surface area is 138 Å². The van der Waals surface area contributed by atoms with Crippen molar-refractivity contribution in [2.45, 2.75) is 80.1 Å². The van der Waals surface area contributed by atoms with Crippen LogP contribution in [0.4, 0.5) is 0 Å². The number of rotatable bonds is 9. The highest BCUT2D eigenvalue weighted by molar-refractivity contribution is 4.93. The number of aliphatic hydroxyl groups is 1. The quantitative estimate of drug-likeness (QED) is 0.528. The van der Waals surface area contributed by atoms with Gasteiger partial charge in [-0.15, -0.1) is 0 Å². The topological polar surface area (TPSA) is 44.0 Å². The van der Waals surface area contributed by atoms with Gasteiger partial charge in [-0.05, 0) is 71.6 Å². The van der Waals surface area contributed by atoms with Crippen LogP contribution in [0.3, 0.4) is 0 Å². The summed E-state index contributed by atoms with van der Waals surface area (Å²) in [6, 6.07) is 2.18. The highest BCUT2D eigenvalue weighted by Crippen LogP contribution is 2.11. The van der Waals surface area contributed by atoms with Gasteiger partial charge in [0.05, 0.1) is 6.07 Å². The van der Waals surface area contributed by atoms with Gasteiger partial charge in [0, 0.05) is 13.0 Å². The average molecular weight is 308 g/mol. The molecule has 0 aromatic rings. The smallest absolute Gasteiger partial charge is 0.0624 e. The Balaban J connectivity index is 0. The molecule has 0 aliphatic rings. The number of nitrogens with zero attached hydrogens (tertiary/aromatic N) is 1. The van der Waals surface area contributed by atoms with Crippen LogP contribution in [0.5, 0.6) is 0 Å². The zero-order chi connectivity index (χ0) is 17.4. The van der Waals surface area contributed by atoms with Gasteiger partial charge in [0.2, 0.25) is 0 Å². The lowest BCUT2D eigenvalue weighted by molar-refractivity contribution is 0.259. The number of aliphatic hydroxyl groups excluding tert-OH is 1. The zero-order valence-corrected chi connectivity index (χ0v) is 15.7. The third-order valence-corrected chi connectivity index (χ3v) is 3.49. The molecule has 0 radical (unpaired) electrons. The molecule has 0 aliphatic heterocycles. The first kappa shape index (κ1) is 23.2. The standard InChI is InChI=1S/C10H17N.C10H20O/c2*1-9(2)5-4-6-10(3)7-8-11/h5,10H,4,6-7H2,1-3H3;5,10-11H,4,6-8H2,1-3H3. The predicted molar refractivity (Wildman–Crippen MR) is 97.6 cm³/mol. The molecule has 0 rings (SSSR count). The van der Waals surface area contributed by atoms with Gasteiger partial charge in [0.1, 0.15) is 0 Å². The van der Waals surface area contributed by atoms with Gasteiger partial charge in [0.25, 0.3) is 0 Å². The molecule has 128 valence electrons. The molecule has 0 aromatic carbocycles. The second kappa shape index (κ2) is 16.3. The molecule has 0 spiro atoms. The molecule has 0 saturated carbocycles. The Morgan fingerprint density at radius 3 is 1.73 bits per heavy atom. The van der Waals surface area contributed by atoms with Gasteiger partial charge in [-0.3, -0.25) is 0 Å². The fourth-order valence-electron chi connectivity index (χ4n) is 1.94. The van der Waals surface area contributed by atoms with Crippen LogP contribution in [-0.4, -0.2) is 11.7 Å². The summed E-state index contributed by atoms with van der Waals surface area (Å²) in [6.45, 7) is 13.1. The summed E-state index contributed by atoms with van der Waals surface area (Å²) < 4.78 is 0. The lowest BCUT2D eigenvalue weighted by Gasteiger charge is -2.06. The number of hydrogen-bond acceptors (Lipinski definition) is 2. The Kier molecular flexibility index (Phi) is 17.2. The lowest BCUT2D eigenvalue weighted by atomic mass is 10.0. The predicted octanol–water partition coefficient (Wildman–Crippen LogP) is 6.03. The third-order valence-electron chi connectivity index (χ3n) is 3.49. The van der Waals surface area contributed by atoms with Crippen LogP contribution in [-0.2, 0) is 0 Å². The van der Waals surface area contributed by atoms with E-state index in [1.165, 1.54) is 17.6 Å². The summed E-state index contributed by atoms with van der Waals surface area (Å²) in [7, 11) is 0. The molecule has 2 unspecified atom stereocenters. The van der Waals surface area contributed by atoms with Crippen molar-refractivity contribution in [2.24, 2.45) is 11.8 Å². The van der Waals surface area contributed by atoms with Crippen LogP contribution in [0.2, 0.25) is 0 Å². The fourth-order valence-corrected chi connectivity index (χ4v) is 1.94. The number of hydrogen-bond donors (Lipinski definition) is 1. The minimum absolute atomic E-state index is 0.329. The first-order valence-corrected chi connectivity index (χ1v) is 8.57. The largest absolute Gasteiger partial charge is 0.396 e. The SMILES string of the molecule is CC(C)=CCCC(C)CC#N.CC(C)=CCCC(C)CCO. The van der Waals surface area contributed by atoms with Crippen molar-refractivity contribution in [3.8, 4) is 6.07 Å². The maximum absolute atomic E-state index is 8.63. The molecule has 0 saturated heterocycles. The Hall–Kier alpha value is -1.07. The van der Waals surface area contributed by atoms with Crippen LogP contribution in [0.25, 0.3) is 0 Å². The van der Waals surface area contributed by atoms with E-state index >= 15 is 0 Å². The minimum Gasteiger partial charge on any atom is -0.396 e. The van der Waals surface area contributed by atoms with E-state index in [4.69, 9.17) is 10.4 Å². The molecule has 1 N–H and O–H groups in total. The summed E-state index contributed by atoms with van der Waals surface area (Å²) in [5.74, 6) is 1.21. The van der Waals surface area contributed by atoms with Gasteiger partial charge in [-0.25, -0.2) is 0 Å². The van der Waals surface area contributed by atoms with Gasteiger partial charge in [-0.2, -0.15) is 5.26 Å². The van der Waals surface area contributed by atoms with Crippen LogP contribution in [0.1, 0.15) is 80.1 Å². The highest BCUT2D eigenvalue weighted by Gasteiger charge is 1.98. The zero-order valence-electron chi connectivity index (χ0n) is 15.7. The molecule has 0 aromatic heterocycles. The van der Waals surface area contributed by atoms with E-state index in [2.05, 4.69) is 59.8 Å².